The van der Waals surface area contributed by atoms with Gasteiger partial charge in [-0.1, -0.05) is 6.07 Å². The summed E-state index contributed by atoms with van der Waals surface area (Å²) in [6.07, 6.45) is 3.33. The molecule has 0 radical (unpaired) electrons. The number of amides is 2. The van der Waals surface area contributed by atoms with Crippen molar-refractivity contribution in [2.75, 3.05) is 36.4 Å². The predicted molar refractivity (Wildman–Crippen MR) is 123 cm³/mol. The number of fused-ring (bicyclic) bond motifs is 1. The van der Waals surface area contributed by atoms with E-state index in [0.29, 0.717) is 42.3 Å². The number of nitrogens with zero attached hydrogens (tertiary/aromatic N) is 6. The van der Waals surface area contributed by atoms with E-state index in [0.717, 1.165) is 16.9 Å². The van der Waals surface area contributed by atoms with Crippen molar-refractivity contribution in [3.63, 3.8) is 0 Å². The zero-order chi connectivity index (χ0) is 22.1. The van der Waals surface area contributed by atoms with Gasteiger partial charge in [0.05, 0.1) is 16.5 Å². The molecule has 0 spiro atoms. The molecule has 3 aromatic heterocycles. The van der Waals surface area contributed by atoms with Gasteiger partial charge in [0.15, 0.2) is 5.65 Å². The molecule has 9 nitrogen and oxygen atoms in total. The summed E-state index contributed by atoms with van der Waals surface area (Å²) in [4.78, 5) is 38.5. The standard InChI is InChI=1S/C22H21N7O2S/c1-27-19-17(13-25-27)20(24-14-23-19)28-8-10-29(11-9-28)22(31)15-4-6-16(7-5-15)26-21(30)18-3-2-12-32-18/h2-7,12-14H,8-11H2,1H3,(H,26,30). The monoisotopic (exact) mass is 447 g/mol. The quantitative estimate of drug-likeness (QED) is 0.517. The predicted octanol–water partition coefficient (Wildman–Crippen LogP) is 2.64. The van der Waals surface area contributed by atoms with Crippen molar-refractivity contribution in [1.29, 1.82) is 0 Å². The fraction of sp³-hybridized carbons (Fsp3) is 0.227. The lowest BCUT2D eigenvalue weighted by Gasteiger charge is -2.35. The van der Waals surface area contributed by atoms with E-state index in [1.54, 1.807) is 47.5 Å². The Labute approximate surface area is 188 Å². The number of hydrogen-bond acceptors (Lipinski definition) is 7. The molecule has 0 bridgehead atoms. The Morgan fingerprint density at radius 1 is 1.03 bits per heavy atom. The second-order valence-electron chi connectivity index (χ2n) is 7.49. The first kappa shape index (κ1) is 20.1. The minimum absolute atomic E-state index is 0.0185. The van der Waals surface area contributed by atoms with Gasteiger partial charge < -0.3 is 15.1 Å². The van der Waals surface area contributed by atoms with Crippen LogP contribution in [0.3, 0.4) is 0 Å². The second-order valence-corrected chi connectivity index (χ2v) is 8.44. The minimum Gasteiger partial charge on any atom is -0.352 e. The summed E-state index contributed by atoms with van der Waals surface area (Å²) >= 11 is 1.39. The molecule has 1 aliphatic rings. The van der Waals surface area contributed by atoms with E-state index in [1.165, 1.54) is 11.3 Å². The van der Waals surface area contributed by atoms with Crippen LogP contribution in [0.1, 0.15) is 20.0 Å². The number of carbonyl (C=O) groups is 2. The summed E-state index contributed by atoms with van der Waals surface area (Å²) in [5.41, 5.74) is 2.05. The first-order valence-electron chi connectivity index (χ1n) is 10.2. The topological polar surface area (TPSA) is 96.2 Å². The molecule has 0 saturated carbocycles. The number of rotatable bonds is 4. The van der Waals surface area contributed by atoms with Crippen LogP contribution in [0.25, 0.3) is 11.0 Å². The van der Waals surface area contributed by atoms with Gasteiger partial charge in [-0.05, 0) is 35.7 Å². The summed E-state index contributed by atoms with van der Waals surface area (Å²) in [6, 6.07) is 10.6. The number of hydrogen-bond donors (Lipinski definition) is 1. The summed E-state index contributed by atoms with van der Waals surface area (Å²) < 4.78 is 1.73. The number of anilines is 2. The van der Waals surface area contributed by atoms with E-state index in [4.69, 9.17) is 0 Å². The van der Waals surface area contributed by atoms with Gasteiger partial charge in [-0.3, -0.25) is 14.3 Å². The van der Waals surface area contributed by atoms with Crippen molar-refractivity contribution in [3.05, 3.63) is 64.7 Å². The molecule has 0 aliphatic carbocycles. The molecule has 1 aliphatic heterocycles. The molecule has 0 atom stereocenters. The zero-order valence-electron chi connectivity index (χ0n) is 17.4. The van der Waals surface area contributed by atoms with Gasteiger partial charge in [-0.2, -0.15) is 5.10 Å². The average molecular weight is 448 g/mol. The number of aromatic nitrogens is 4. The van der Waals surface area contributed by atoms with Crippen LogP contribution in [0.5, 0.6) is 0 Å². The van der Waals surface area contributed by atoms with E-state index < -0.39 is 0 Å². The largest absolute Gasteiger partial charge is 0.352 e. The molecule has 0 unspecified atom stereocenters. The van der Waals surface area contributed by atoms with Crippen molar-refractivity contribution >= 4 is 45.7 Å². The molecule has 32 heavy (non-hydrogen) atoms. The Kier molecular flexibility index (Phi) is 5.28. The third-order valence-electron chi connectivity index (χ3n) is 5.51. The van der Waals surface area contributed by atoms with Crippen LogP contribution in [0, 0.1) is 0 Å². The first-order chi connectivity index (χ1) is 15.6. The van der Waals surface area contributed by atoms with Crippen molar-refractivity contribution in [3.8, 4) is 0 Å². The third-order valence-corrected chi connectivity index (χ3v) is 6.38. The summed E-state index contributed by atoms with van der Waals surface area (Å²) in [5, 5.41) is 9.90. The van der Waals surface area contributed by atoms with Crippen LogP contribution in [0.15, 0.2) is 54.3 Å². The van der Waals surface area contributed by atoms with Crippen molar-refractivity contribution in [1.82, 2.24) is 24.6 Å². The molecule has 1 fully saturated rings. The van der Waals surface area contributed by atoms with Gasteiger partial charge in [0.25, 0.3) is 11.8 Å². The van der Waals surface area contributed by atoms with Gasteiger partial charge >= 0.3 is 0 Å². The van der Waals surface area contributed by atoms with Crippen molar-refractivity contribution in [2.45, 2.75) is 0 Å². The summed E-state index contributed by atoms with van der Waals surface area (Å²) in [5.74, 6) is 0.679. The van der Waals surface area contributed by atoms with Gasteiger partial charge in [0, 0.05) is 44.5 Å². The van der Waals surface area contributed by atoms with Gasteiger partial charge in [0.1, 0.15) is 12.1 Å². The van der Waals surface area contributed by atoms with E-state index >= 15 is 0 Å². The maximum Gasteiger partial charge on any atom is 0.265 e. The normalized spacial score (nSPS) is 14.0. The fourth-order valence-electron chi connectivity index (χ4n) is 3.80. The highest BCUT2D eigenvalue weighted by Gasteiger charge is 2.24. The number of carbonyl (C=O) groups excluding carboxylic acids is 2. The van der Waals surface area contributed by atoms with Crippen molar-refractivity contribution in [2.24, 2.45) is 7.05 Å². The molecule has 5 rings (SSSR count). The number of piperazine rings is 1. The number of nitrogens with one attached hydrogen (secondary N) is 1. The fourth-order valence-corrected chi connectivity index (χ4v) is 4.42. The van der Waals surface area contributed by atoms with Crippen LogP contribution in [0.4, 0.5) is 11.5 Å². The maximum atomic E-state index is 13.0. The second kappa shape index (κ2) is 8.39. The van der Waals surface area contributed by atoms with E-state index in [9.17, 15) is 9.59 Å². The Hall–Kier alpha value is -3.79. The van der Waals surface area contributed by atoms with E-state index in [-0.39, 0.29) is 11.8 Å². The lowest BCUT2D eigenvalue weighted by molar-refractivity contribution is 0.0746. The molecule has 4 aromatic rings. The molecule has 162 valence electrons. The van der Waals surface area contributed by atoms with Crippen molar-refractivity contribution < 1.29 is 9.59 Å². The van der Waals surface area contributed by atoms with Crippen LogP contribution >= 0.6 is 11.3 Å². The zero-order valence-corrected chi connectivity index (χ0v) is 18.2. The molecule has 2 amide bonds. The average Bonchev–Trinajstić information content (AvgIpc) is 3.50. The summed E-state index contributed by atoms with van der Waals surface area (Å²) in [7, 11) is 1.86. The Morgan fingerprint density at radius 3 is 2.53 bits per heavy atom. The van der Waals surface area contributed by atoms with Gasteiger partial charge in [-0.25, -0.2) is 9.97 Å². The van der Waals surface area contributed by atoms with E-state index in [1.807, 2.05) is 23.4 Å². The lowest BCUT2D eigenvalue weighted by Crippen LogP contribution is -2.49. The molecule has 10 heteroatoms. The van der Waals surface area contributed by atoms with Crippen LogP contribution in [0.2, 0.25) is 0 Å². The molecular formula is C22H21N7O2S. The lowest BCUT2D eigenvalue weighted by atomic mass is 10.1. The highest BCUT2D eigenvalue weighted by molar-refractivity contribution is 7.12. The Bertz CT molecular complexity index is 1260. The molecular weight excluding hydrogens is 426 g/mol. The Balaban J connectivity index is 1.22. The smallest absolute Gasteiger partial charge is 0.265 e. The number of aryl methyl sites for hydroxylation is 1. The van der Waals surface area contributed by atoms with Crippen LogP contribution in [-0.4, -0.2) is 62.6 Å². The van der Waals surface area contributed by atoms with Crippen LogP contribution < -0.4 is 10.2 Å². The van der Waals surface area contributed by atoms with Gasteiger partial charge in [-0.15, -0.1) is 11.3 Å². The highest BCUT2D eigenvalue weighted by Crippen LogP contribution is 2.24. The third kappa shape index (κ3) is 3.80. The molecule has 1 saturated heterocycles. The maximum absolute atomic E-state index is 13.0. The molecule has 4 heterocycles. The van der Waals surface area contributed by atoms with Gasteiger partial charge in [0.2, 0.25) is 0 Å². The molecule has 1 N–H and O–H groups in total. The summed E-state index contributed by atoms with van der Waals surface area (Å²) in [6.45, 7) is 2.56. The van der Waals surface area contributed by atoms with E-state index in [2.05, 4.69) is 25.3 Å². The SMILES string of the molecule is Cn1ncc2c(N3CCN(C(=O)c4ccc(NC(=O)c5cccs5)cc4)CC3)ncnc21. The highest BCUT2D eigenvalue weighted by atomic mass is 32.1. The number of thiophene rings is 1. The Morgan fingerprint density at radius 2 is 1.81 bits per heavy atom. The number of benzene rings is 1. The minimum atomic E-state index is -0.150. The molecule has 1 aromatic carbocycles. The first-order valence-corrected chi connectivity index (χ1v) is 11.1. The van der Waals surface area contributed by atoms with Crippen LogP contribution in [-0.2, 0) is 7.05 Å².